The number of aliphatic hydroxyl groups excluding tert-OH is 2. The lowest BCUT2D eigenvalue weighted by Gasteiger charge is -2.30. The number of rotatable bonds is 6. The maximum absolute atomic E-state index is 9.76. The molecular weight excluding hydrogens is 240 g/mol. The molecule has 1 aliphatic carbocycles. The molecule has 1 heterocycles. The lowest BCUT2D eigenvalue weighted by Crippen LogP contribution is -2.35. The van der Waals surface area contributed by atoms with Crippen molar-refractivity contribution in [3.05, 3.63) is 24.0 Å². The molecule has 0 bridgehead atoms. The van der Waals surface area contributed by atoms with Crippen LogP contribution in [0.1, 0.15) is 50.8 Å². The second kappa shape index (κ2) is 6.87. The summed E-state index contributed by atoms with van der Waals surface area (Å²) in [7, 11) is 0. The number of hydrogen-bond acceptors (Lipinski definition) is 4. The second-order valence-electron chi connectivity index (χ2n) is 5.22. The molecule has 4 nitrogen and oxygen atoms in total. The van der Waals surface area contributed by atoms with E-state index in [2.05, 4.69) is 9.88 Å². The van der Waals surface area contributed by atoms with E-state index in [1.807, 2.05) is 25.3 Å². The lowest BCUT2D eigenvalue weighted by molar-refractivity contribution is 0.169. The zero-order valence-corrected chi connectivity index (χ0v) is 11.6. The van der Waals surface area contributed by atoms with Gasteiger partial charge in [-0.3, -0.25) is 4.98 Å². The zero-order chi connectivity index (χ0) is 13.7. The first-order chi connectivity index (χ1) is 9.26. The summed E-state index contributed by atoms with van der Waals surface area (Å²) in [6.45, 7) is 2.76. The molecule has 0 saturated heterocycles. The standard InChI is InChI=1S/C15H24N2O2/c1-2-15(19)14-8-7-13(11-16-14)17(9-10-18)12-5-3-4-6-12/h7-8,11-12,15,18-19H,2-6,9-10H2,1H3/t15-/m0/s1. The van der Waals surface area contributed by atoms with Gasteiger partial charge >= 0.3 is 0 Å². The van der Waals surface area contributed by atoms with Crippen molar-refractivity contribution in [3.8, 4) is 0 Å². The molecule has 106 valence electrons. The van der Waals surface area contributed by atoms with Crippen LogP contribution in [0, 0.1) is 0 Å². The number of hydrogen-bond donors (Lipinski definition) is 2. The smallest absolute Gasteiger partial charge is 0.0957 e. The Morgan fingerprint density at radius 2 is 2.11 bits per heavy atom. The molecule has 0 aromatic carbocycles. The summed E-state index contributed by atoms with van der Waals surface area (Å²) < 4.78 is 0. The minimum absolute atomic E-state index is 0.163. The summed E-state index contributed by atoms with van der Waals surface area (Å²) in [5, 5.41) is 19.0. The highest BCUT2D eigenvalue weighted by molar-refractivity contribution is 5.46. The van der Waals surface area contributed by atoms with Crippen LogP contribution in [0.4, 0.5) is 5.69 Å². The van der Waals surface area contributed by atoms with Crippen LogP contribution in [0.5, 0.6) is 0 Å². The fourth-order valence-electron chi connectivity index (χ4n) is 2.82. The number of pyridine rings is 1. The van der Waals surface area contributed by atoms with Crippen LogP contribution in [0.25, 0.3) is 0 Å². The molecule has 1 saturated carbocycles. The van der Waals surface area contributed by atoms with E-state index in [0.717, 1.165) is 11.4 Å². The van der Waals surface area contributed by atoms with E-state index >= 15 is 0 Å². The van der Waals surface area contributed by atoms with Crippen LogP contribution in [0.3, 0.4) is 0 Å². The van der Waals surface area contributed by atoms with Crippen molar-refractivity contribution in [2.45, 2.75) is 51.2 Å². The third-order valence-corrected chi connectivity index (χ3v) is 3.94. The number of anilines is 1. The first kappa shape index (κ1) is 14.3. The van der Waals surface area contributed by atoms with Gasteiger partial charge in [-0.2, -0.15) is 0 Å². The van der Waals surface area contributed by atoms with Crippen LogP contribution in [0.2, 0.25) is 0 Å². The number of aliphatic hydroxyl groups is 2. The van der Waals surface area contributed by atoms with Gasteiger partial charge in [0.05, 0.1) is 30.3 Å². The van der Waals surface area contributed by atoms with Crippen molar-refractivity contribution >= 4 is 5.69 Å². The van der Waals surface area contributed by atoms with Gasteiger partial charge in [0.1, 0.15) is 0 Å². The summed E-state index contributed by atoms with van der Waals surface area (Å²) in [6.07, 6.45) is 6.95. The molecule has 1 aromatic heterocycles. The Balaban J connectivity index is 2.12. The predicted octanol–water partition coefficient (Wildman–Crippen LogP) is 2.27. The van der Waals surface area contributed by atoms with E-state index in [1.54, 1.807) is 0 Å². The molecule has 1 aromatic rings. The van der Waals surface area contributed by atoms with Gasteiger partial charge < -0.3 is 15.1 Å². The monoisotopic (exact) mass is 264 g/mol. The third kappa shape index (κ3) is 3.45. The first-order valence-electron chi connectivity index (χ1n) is 7.27. The molecular formula is C15H24N2O2. The minimum atomic E-state index is -0.480. The summed E-state index contributed by atoms with van der Waals surface area (Å²) in [4.78, 5) is 6.60. The van der Waals surface area contributed by atoms with Crippen molar-refractivity contribution in [1.29, 1.82) is 0 Å². The SMILES string of the molecule is CC[C@H](O)c1ccc(N(CCO)C2CCCC2)cn1. The molecule has 2 N–H and O–H groups in total. The van der Waals surface area contributed by atoms with E-state index in [0.29, 0.717) is 19.0 Å². The maximum Gasteiger partial charge on any atom is 0.0957 e. The topological polar surface area (TPSA) is 56.6 Å². The fourth-order valence-corrected chi connectivity index (χ4v) is 2.82. The van der Waals surface area contributed by atoms with Crippen molar-refractivity contribution in [2.75, 3.05) is 18.1 Å². The van der Waals surface area contributed by atoms with Crippen LogP contribution in [-0.4, -0.2) is 34.4 Å². The Kier molecular flexibility index (Phi) is 5.16. The minimum Gasteiger partial charge on any atom is -0.395 e. The van der Waals surface area contributed by atoms with Gasteiger partial charge in [0.25, 0.3) is 0 Å². The van der Waals surface area contributed by atoms with E-state index in [9.17, 15) is 10.2 Å². The van der Waals surface area contributed by atoms with Gasteiger partial charge in [0, 0.05) is 12.6 Å². The molecule has 0 unspecified atom stereocenters. The summed E-state index contributed by atoms with van der Waals surface area (Å²) in [5.74, 6) is 0. The maximum atomic E-state index is 9.76. The average molecular weight is 264 g/mol. The lowest BCUT2D eigenvalue weighted by atomic mass is 10.1. The Morgan fingerprint density at radius 3 is 2.63 bits per heavy atom. The van der Waals surface area contributed by atoms with E-state index < -0.39 is 6.10 Å². The fraction of sp³-hybridized carbons (Fsp3) is 0.667. The van der Waals surface area contributed by atoms with Crippen molar-refractivity contribution in [1.82, 2.24) is 4.98 Å². The third-order valence-electron chi connectivity index (χ3n) is 3.94. The highest BCUT2D eigenvalue weighted by Gasteiger charge is 2.22. The predicted molar refractivity (Wildman–Crippen MR) is 76.2 cm³/mol. The average Bonchev–Trinajstić information content (AvgIpc) is 2.98. The summed E-state index contributed by atoms with van der Waals surface area (Å²) in [6, 6.07) is 4.42. The molecule has 4 heteroatoms. The van der Waals surface area contributed by atoms with E-state index in [1.165, 1.54) is 25.7 Å². The molecule has 0 spiro atoms. The van der Waals surface area contributed by atoms with Crippen LogP contribution < -0.4 is 4.90 Å². The normalized spacial score (nSPS) is 17.6. The number of nitrogens with zero attached hydrogens (tertiary/aromatic N) is 2. The molecule has 0 aliphatic heterocycles. The molecule has 19 heavy (non-hydrogen) atoms. The van der Waals surface area contributed by atoms with Gasteiger partial charge in [-0.15, -0.1) is 0 Å². The van der Waals surface area contributed by atoms with Crippen molar-refractivity contribution in [2.24, 2.45) is 0 Å². The Labute approximate surface area is 115 Å². The highest BCUT2D eigenvalue weighted by Crippen LogP contribution is 2.28. The Hall–Kier alpha value is -1.13. The van der Waals surface area contributed by atoms with Crippen LogP contribution >= 0.6 is 0 Å². The van der Waals surface area contributed by atoms with Gasteiger partial charge in [-0.05, 0) is 31.4 Å². The molecule has 1 fully saturated rings. The molecule has 0 amide bonds. The molecule has 2 rings (SSSR count). The van der Waals surface area contributed by atoms with Crippen LogP contribution in [-0.2, 0) is 0 Å². The largest absolute Gasteiger partial charge is 0.395 e. The van der Waals surface area contributed by atoms with Gasteiger partial charge in [0.15, 0.2) is 0 Å². The highest BCUT2D eigenvalue weighted by atomic mass is 16.3. The van der Waals surface area contributed by atoms with Gasteiger partial charge in [-0.1, -0.05) is 19.8 Å². The Morgan fingerprint density at radius 1 is 1.37 bits per heavy atom. The number of aromatic nitrogens is 1. The second-order valence-corrected chi connectivity index (χ2v) is 5.22. The quantitative estimate of drug-likeness (QED) is 0.827. The van der Waals surface area contributed by atoms with Gasteiger partial charge in [-0.25, -0.2) is 0 Å². The Bertz CT molecular complexity index is 374. The summed E-state index contributed by atoms with van der Waals surface area (Å²) >= 11 is 0. The van der Waals surface area contributed by atoms with Crippen LogP contribution in [0.15, 0.2) is 18.3 Å². The molecule has 1 atom stereocenters. The summed E-state index contributed by atoms with van der Waals surface area (Å²) in [5.41, 5.74) is 1.77. The van der Waals surface area contributed by atoms with Crippen molar-refractivity contribution in [3.63, 3.8) is 0 Å². The van der Waals surface area contributed by atoms with Crippen molar-refractivity contribution < 1.29 is 10.2 Å². The van der Waals surface area contributed by atoms with E-state index in [-0.39, 0.29) is 6.61 Å². The van der Waals surface area contributed by atoms with Gasteiger partial charge in [0.2, 0.25) is 0 Å². The first-order valence-corrected chi connectivity index (χ1v) is 7.27. The molecule has 0 radical (unpaired) electrons. The van der Waals surface area contributed by atoms with E-state index in [4.69, 9.17) is 0 Å². The molecule has 1 aliphatic rings. The zero-order valence-electron chi connectivity index (χ0n) is 11.6.